The van der Waals surface area contributed by atoms with E-state index in [0.29, 0.717) is 0 Å². The van der Waals surface area contributed by atoms with Gasteiger partial charge >= 0.3 is 6.09 Å². The van der Waals surface area contributed by atoms with Gasteiger partial charge in [-0.1, -0.05) is 15.9 Å². The van der Waals surface area contributed by atoms with Crippen LogP contribution in [0.25, 0.3) is 0 Å². The molecule has 0 aliphatic carbocycles. The average Bonchev–Trinajstić information content (AvgIpc) is 2.51. The van der Waals surface area contributed by atoms with Gasteiger partial charge < -0.3 is 19.6 Å². The summed E-state index contributed by atoms with van der Waals surface area (Å²) in [6.45, 7) is 4.91. The summed E-state index contributed by atoms with van der Waals surface area (Å²) in [6, 6.07) is 1.22. The van der Waals surface area contributed by atoms with Crippen LogP contribution >= 0.6 is 15.9 Å². The number of nitrogens with zero attached hydrogens (tertiary/aromatic N) is 2. The number of halogens is 3. The molecule has 1 heterocycles. The van der Waals surface area contributed by atoms with E-state index in [1.54, 1.807) is 20.8 Å². The zero-order valence-corrected chi connectivity index (χ0v) is 16.3. The van der Waals surface area contributed by atoms with Crippen molar-refractivity contribution >= 4 is 27.9 Å². The third-order valence-corrected chi connectivity index (χ3v) is 4.28. The predicted octanol–water partition coefficient (Wildman–Crippen LogP) is 2.78. The summed E-state index contributed by atoms with van der Waals surface area (Å²) in [6.07, 6.45) is -0.566. The molecule has 1 fully saturated rings. The number of hydrogen-bond acceptors (Lipinski definition) is 4. The molecule has 0 bridgehead atoms. The lowest BCUT2D eigenvalue weighted by Gasteiger charge is -2.41. The molecule has 26 heavy (non-hydrogen) atoms. The molecule has 2 rings (SSSR count). The van der Waals surface area contributed by atoms with Crippen LogP contribution in [0, 0.1) is 11.6 Å². The molecular weight excluding hydrogens is 414 g/mol. The highest BCUT2D eigenvalue weighted by Crippen LogP contribution is 2.23. The molecule has 1 aliphatic heterocycles. The predicted molar refractivity (Wildman–Crippen MR) is 93.8 cm³/mol. The van der Waals surface area contributed by atoms with Crippen LogP contribution < -0.4 is 0 Å². The monoisotopic (exact) mass is 434 g/mol. The van der Waals surface area contributed by atoms with Crippen LogP contribution in [0.3, 0.4) is 0 Å². The molecule has 1 aromatic rings. The van der Waals surface area contributed by atoms with Gasteiger partial charge in [0.05, 0.1) is 12.6 Å². The molecule has 0 saturated carbocycles. The summed E-state index contributed by atoms with van der Waals surface area (Å²) >= 11 is 2.96. The first-order valence-corrected chi connectivity index (χ1v) is 8.87. The summed E-state index contributed by atoms with van der Waals surface area (Å²) in [5.41, 5.74) is -1.36. The molecule has 1 aliphatic rings. The maximum absolute atomic E-state index is 14.1. The maximum atomic E-state index is 14.1. The van der Waals surface area contributed by atoms with E-state index in [1.807, 2.05) is 0 Å². The Labute approximate surface area is 158 Å². The van der Waals surface area contributed by atoms with Crippen molar-refractivity contribution in [3.8, 4) is 0 Å². The van der Waals surface area contributed by atoms with Crippen LogP contribution in [0.5, 0.6) is 0 Å². The van der Waals surface area contributed by atoms with Gasteiger partial charge in [-0.15, -0.1) is 0 Å². The van der Waals surface area contributed by atoms with Crippen molar-refractivity contribution in [2.45, 2.75) is 32.4 Å². The average molecular weight is 435 g/mol. The van der Waals surface area contributed by atoms with Gasteiger partial charge in [0.2, 0.25) is 0 Å². The molecule has 6 nitrogen and oxygen atoms in total. The summed E-state index contributed by atoms with van der Waals surface area (Å²) in [7, 11) is 0. The van der Waals surface area contributed by atoms with Crippen LogP contribution in [0.15, 0.2) is 16.6 Å². The van der Waals surface area contributed by atoms with Crippen molar-refractivity contribution in [2.75, 3.05) is 26.2 Å². The van der Waals surface area contributed by atoms with Gasteiger partial charge in [0.25, 0.3) is 5.91 Å². The van der Waals surface area contributed by atoms with Crippen LogP contribution in [0.1, 0.15) is 31.1 Å². The molecule has 1 saturated heterocycles. The molecule has 0 spiro atoms. The van der Waals surface area contributed by atoms with Gasteiger partial charge in [-0.3, -0.25) is 4.79 Å². The number of aliphatic hydroxyl groups is 1. The van der Waals surface area contributed by atoms with Crippen molar-refractivity contribution in [1.82, 2.24) is 9.80 Å². The molecule has 9 heteroatoms. The first kappa shape index (κ1) is 20.6. The lowest BCUT2D eigenvalue weighted by Crippen LogP contribution is -2.58. The fraction of sp³-hybridized carbons (Fsp3) is 0.529. The van der Waals surface area contributed by atoms with E-state index < -0.39 is 47.4 Å². The largest absolute Gasteiger partial charge is 0.444 e. The van der Waals surface area contributed by atoms with E-state index >= 15 is 0 Å². The number of amides is 2. The van der Waals surface area contributed by atoms with Gasteiger partial charge in [0.1, 0.15) is 22.8 Å². The Morgan fingerprint density at radius 1 is 1.27 bits per heavy atom. The second-order valence-electron chi connectivity index (χ2n) is 7.01. The number of carbonyl (C=O) groups excluding carboxylic acids is 2. The zero-order chi connectivity index (χ0) is 19.6. The first-order valence-electron chi connectivity index (χ1n) is 8.07. The standard InChI is InChI=1S/C17H21BrF2N2O4/c1-17(2,3)26-16(25)21-4-5-22(11(8-21)9-23)15(24)14-12(19)6-10(18)7-13(14)20/h6-7,11,23H,4-5,8-9H2,1-3H3/t11-/m1/s1. The van der Waals surface area contributed by atoms with Crippen molar-refractivity contribution in [1.29, 1.82) is 0 Å². The summed E-state index contributed by atoms with van der Waals surface area (Å²) in [5.74, 6) is -2.85. The Bertz CT molecular complexity index is 685. The van der Waals surface area contributed by atoms with Crippen LogP contribution in [0.2, 0.25) is 0 Å². The van der Waals surface area contributed by atoms with Crippen LogP contribution in [-0.4, -0.2) is 64.8 Å². The van der Waals surface area contributed by atoms with E-state index in [-0.39, 0.29) is 24.1 Å². The van der Waals surface area contributed by atoms with Crippen molar-refractivity contribution in [3.05, 3.63) is 33.8 Å². The molecule has 144 valence electrons. The SMILES string of the molecule is CC(C)(C)OC(=O)N1CCN(C(=O)c2c(F)cc(Br)cc2F)[C@@H](CO)C1. The van der Waals surface area contributed by atoms with Crippen LogP contribution in [0.4, 0.5) is 13.6 Å². The van der Waals surface area contributed by atoms with Gasteiger partial charge in [0, 0.05) is 24.1 Å². The van der Waals surface area contributed by atoms with E-state index in [4.69, 9.17) is 4.74 Å². The Morgan fingerprint density at radius 3 is 2.35 bits per heavy atom. The third-order valence-electron chi connectivity index (χ3n) is 3.83. The minimum absolute atomic E-state index is 0.0108. The van der Waals surface area contributed by atoms with Crippen molar-refractivity contribution in [2.24, 2.45) is 0 Å². The molecular formula is C17H21BrF2N2O4. The van der Waals surface area contributed by atoms with Crippen molar-refractivity contribution < 1.29 is 28.2 Å². The lowest BCUT2D eigenvalue weighted by atomic mass is 10.1. The Kier molecular flexibility index (Phi) is 6.23. The van der Waals surface area contributed by atoms with Gasteiger partial charge in [0.15, 0.2) is 0 Å². The number of piperazine rings is 1. The van der Waals surface area contributed by atoms with Gasteiger partial charge in [-0.2, -0.15) is 0 Å². The van der Waals surface area contributed by atoms with Crippen LogP contribution in [-0.2, 0) is 4.74 Å². The normalized spacial score (nSPS) is 18.0. The number of ether oxygens (including phenoxy) is 1. The lowest BCUT2D eigenvalue weighted by molar-refractivity contribution is -0.00268. The minimum atomic E-state index is -0.992. The Balaban J connectivity index is 2.17. The highest BCUT2D eigenvalue weighted by molar-refractivity contribution is 9.10. The molecule has 1 N–H and O–H groups in total. The highest BCUT2D eigenvalue weighted by atomic mass is 79.9. The summed E-state index contributed by atoms with van der Waals surface area (Å²) < 4.78 is 33.6. The molecule has 1 atom stereocenters. The Morgan fingerprint density at radius 2 is 1.85 bits per heavy atom. The van der Waals surface area contributed by atoms with Crippen molar-refractivity contribution in [3.63, 3.8) is 0 Å². The zero-order valence-electron chi connectivity index (χ0n) is 14.8. The third kappa shape index (κ3) is 4.70. The van der Waals surface area contributed by atoms with E-state index in [0.717, 1.165) is 12.1 Å². The molecule has 0 unspecified atom stereocenters. The number of benzene rings is 1. The van der Waals surface area contributed by atoms with Gasteiger partial charge in [-0.05, 0) is 32.9 Å². The first-order chi connectivity index (χ1) is 12.0. The quantitative estimate of drug-likeness (QED) is 0.776. The smallest absolute Gasteiger partial charge is 0.410 e. The van der Waals surface area contributed by atoms with E-state index in [1.165, 1.54) is 9.80 Å². The van der Waals surface area contributed by atoms with E-state index in [2.05, 4.69) is 15.9 Å². The second kappa shape index (κ2) is 7.87. The summed E-state index contributed by atoms with van der Waals surface area (Å²) in [4.78, 5) is 27.3. The topological polar surface area (TPSA) is 70.1 Å². The second-order valence-corrected chi connectivity index (χ2v) is 7.92. The fourth-order valence-electron chi connectivity index (χ4n) is 2.66. The number of hydrogen-bond donors (Lipinski definition) is 1. The minimum Gasteiger partial charge on any atom is -0.444 e. The molecule has 2 amide bonds. The highest BCUT2D eigenvalue weighted by Gasteiger charge is 2.36. The molecule has 0 radical (unpaired) electrons. The molecule has 1 aromatic carbocycles. The number of aliphatic hydroxyl groups excluding tert-OH is 1. The molecule has 0 aromatic heterocycles. The fourth-order valence-corrected chi connectivity index (χ4v) is 3.06. The number of carbonyl (C=O) groups is 2. The van der Waals surface area contributed by atoms with E-state index in [9.17, 15) is 23.5 Å². The maximum Gasteiger partial charge on any atom is 0.410 e. The van der Waals surface area contributed by atoms with Gasteiger partial charge in [-0.25, -0.2) is 13.6 Å². The Hall–Kier alpha value is -1.74. The number of rotatable bonds is 2. The summed E-state index contributed by atoms with van der Waals surface area (Å²) in [5, 5.41) is 9.60.